The number of rotatable bonds is 7. The molecule has 0 radical (unpaired) electrons. The standard InChI is InChI=1S/C17H25N3O/c1-13(2)20-12-19-10-16(20)11-21-17-7-5-15(6-8-17)9-14(3)18-4/h5-8,10,12-14,18H,9,11H2,1-4H3. The minimum atomic E-state index is 0.400. The second-order valence-electron chi connectivity index (χ2n) is 5.71. The van der Waals surface area contributed by atoms with Gasteiger partial charge in [-0.25, -0.2) is 4.98 Å². The van der Waals surface area contributed by atoms with E-state index >= 15 is 0 Å². The van der Waals surface area contributed by atoms with Crippen LogP contribution in [0.3, 0.4) is 0 Å². The van der Waals surface area contributed by atoms with E-state index in [9.17, 15) is 0 Å². The molecular weight excluding hydrogens is 262 g/mol. The topological polar surface area (TPSA) is 39.1 Å². The van der Waals surface area contributed by atoms with Gasteiger partial charge in [-0.05, 0) is 51.9 Å². The van der Waals surface area contributed by atoms with E-state index in [0.29, 0.717) is 18.7 Å². The zero-order chi connectivity index (χ0) is 15.2. The van der Waals surface area contributed by atoms with Gasteiger partial charge < -0.3 is 14.6 Å². The highest BCUT2D eigenvalue weighted by Gasteiger charge is 2.06. The Labute approximate surface area is 127 Å². The SMILES string of the molecule is CNC(C)Cc1ccc(OCc2cncn2C(C)C)cc1. The largest absolute Gasteiger partial charge is 0.487 e. The molecule has 0 spiro atoms. The molecule has 0 aliphatic rings. The maximum Gasteiger partial charge on any atom is 0.130 e. The molecule has 1 aromatic heterocycles. The Kier molecular flexibility index (Phi) is 5.39. The fraction of sp³-hybridized carbons (Fsp3) is 0.471. The predicted octanol–water partition coefficient (Wildman–Crippen LogP) is 3.19. The quantitative estimate of drug-likeness (QED) is 0.850. The van der Waals surface area contributed by atoms with Crippen LogP contribution in [0.5, 0.6) is 5.75 Å². The van der Waals surface area contributed by atoms with Gasteiger partial charge in [0.15, 0.2) is 0 Å². The minimum Gasteiger partial charge on any atom is -0.487 e. The number of likely N-dealkylation sites (N-methyl/N-ethyl adjacent to an activating group) is 1. The summed E-state index contributed by atoms with van der Waals surface area (Å²) in [6, 6.07) is 9.21. The summed E-state index contributed by atoms with van der Waals surface area (Å²) in [5.41, 5.74) is 2.41. The monoisotopic (exact) mass is 287 g/mol. The van der Waals surface area contributed by atoms with Gasteiger partial charge in [-0.15, -0.1) is 0 Å². The molecule has 0 fully saturated rings. The van der Waals surface area contributed by atoms with Crippen molar-refractivity contribution in [2.24, 2.45) is 0 Å². The maximum atomic E-state index is 5.85. The lowest BCUT2D eigenvalue weighted by Gasteiger charge is -2.13. The van der Waals surface area contributed by atoms with E-state index in [2.05, 4.69) is 47.8 Å². The van der Waals surface area contributed by atoms with Crippen LogP contribution >= 0.6 is 0 Å². The molecule has 0 saturated heterocycles. The summed E-state index contributed by atoms with van der Waals surface area (Å²) in [5.74, 6) is 0.896. The Bertz CT molecular complexity index is 545. The van der Waals surface area contributed by atoms with Crippen LogP contribution in [0.2, 0.25) is 0 Å². The van der Waals surface area contributed by atoms with Crippen molar-refractivity contribution in [1.29, 1.82) is 0 Å². The van der Waals surface area contributed by atoms with Gasteiger partial charge in [0.05, 0.1) is 18.2 Å². The molecule has 1 unspecified atom stereocenters. The summed E-state index contributed by atoms with van der Waals surface area (Å²) in [7, 11) is 1.99. The molecule has 0 bridgehead atoms. The van der Waals surface area contributed by atoms with Gasteiger partial charge in [-0.3, -0.25) is 0 Å². The first kappa shape index (κ1) is 15.6. The van der Waals surface area contributed by atoms with Crippen LogP contribution in [0, 0.1) is 0 Å². The van der Waals surface area contributed by atoms with Gasteiger partial charge in [0.2, 0.25) is 0 Å². The van der Waals surface area contributed by atoms with E-state index in [1.165, 1.54) is 5.56 Å². The number of nitrogens with zero attached hydrogens (tertiary/aromatic N) is 2. The summed E-state index contributed by atoms with van der Waals surface area (Å²) in [5, 5.41) is 3.25. The van der Waals surface area contributed by atoms with E-state index in [1.54, 1.807) is 0 Å². The summed E-state index contributed by atoms with van der Waals surface area (Å²) in [6.45, 7) is 7.01. The molecule has 2 rings (SSSR count). The highest BCUT2D eigenvalue weighted by Crippen LogP contribution is 2.16. The Morgan fingerprint density at radius 3 is 2.52 bits per heavy atom. The van der Waals surface area contributed by atoms with Crippen molar-refractivity contribution in [1.82, 2.24) is 14.9 Å². The second kappa shape index (κ2) is 7.27. The lowest BCUT2D eigenvalue weighted by atomic mass is 10.1. The molecular formula is C17H25N3O. The molecule has 1 aromatic carbocycles. The van der Waals surface area contributed by atoms with Crippen LogP contribution in [-0.4, -0.2) is 22.6 Å². The third-order valence-corrected chi connectivity index (χ3v) is 3.65. The first-order valence-corrected chi connectivity index (χ1v) is 7.50. The average molecular weight is 287 g/mol. The number of hydrogen-bond acceptors (Lipinski definition) is 3. The lowest BCUT2D eigenvalue weighted by Crippen LogP contribution is -2.23. The smallest absolute Gasteiger partial charge is 0.130 e. The maximum absolute atomic E-state index is 5.85. The van der Waals surface area contributed by atoms with Crippen molar-refractivity contribution in [3.63, 3.8) is 0 Å². The van der Waals surface area contributed by atoms with Gasteiger partial charge in [0.25, 0.3) is 0 Å². The van der Waals surface area contributed by atoms with Gasteiger partial charge in [0.1, 0.15) is 12.4 Å². The average Bonchev–Trinajstić information content (AvgIpc) is 2.95. The first-order valence-electron chi connectivity index (χ1n) is 7.50. The molecule has 2 aromatic rings. The van der Waals surface area contributed by atoms with Crippen LogP contribution in [0.1, 0.15) is 38.1 Å². The minimum absolute atomic E-state index is 0.400. The molecule has 1 N–H and O–H groups in total. The van der Waals surface area contributed by atoms with E-state index in [0.717, 1.165) is 17.9 Å². The number of nitrogens with one attached hydrogen (secondary N) is 1. The fourth-order valence-electron chi connectivity index (χ4n) is 2.24. The molecule has 0 amide bonds. The van der Waals surface area contributed by atoms with Crippen LogP contribution < -0.4 is 10.1 Å². The number of hydrogen-bond donors (Lipinski definition) is 1. The van der Waals surface area contributed by atoms with Gasteiger partial charge in [-0.1, -0.05) is 12.1 Å². The zero-order valence-electron chi connectivity index (χ0n) is 13.3. The van der Waals surface area contributed by atoms with Crippen molar-refractivity contribution in [2.75, 3.05) is 7.05 Å². The van der Waals surface area contributed by atoms with Crippen LogP contribution in [0.25, 0.3) is 0 Å². The Morgan fingerprint density at radius 2 is 1.90 bits per heavy atom. The van der Waals surface area contributed by atoms with E-state index in [4.69, 9.17) is 4.74 Å². The molecule has 4 heteroatoms. The predicted molar refractivity (Wildman–Crippen MR) is 85.6 cm³/mol. The summed E-state index contributed by atoms with van der Waals surface area (Å²) < 4.78 is 7.98. The third-order valence-electron chi connectivity index (χ3n) is 3.65. The van der Waals surface area contributed by atoms with E-state index in [1.807, 2.05) is 31.7 Å². The number of aromatic nitrogens is 2. The van der Waals surface area contributed by atoms with Crippen molar-refractivity contribution >= 4 is 0 Å². The molecule has 114 valence electrons. The summed E-state index contributed by atoms with van der Waals surface area (Å²) in [6.07, 6.45) is 4.74. The van der Waals surface area contributed by atoms with Crippen LogP contribution in [-0.2, 0) is 13.0 Å². The van der Waals surface area contributed by atoms with Gasteiger partial charge >= 0.3 is 0 Å². The third kappa shape index (κ3) is 4.33. The normalized spacial score (nSPS) is 12.6. The van der Waals surface area contributed by atoms with E-state index in [-0.39, 0.29) is 0 Å². The Hall–Kier alpha value is -1.81. The molecule has 0 saturated carbocycles. The van der Waals surface area contributed by atoms with Crippen molar-refractivity contribution < 1.29 is 4.74 Å². The van der Waals surface area contributed by atoms with Crippen molar-refractivity contribution in [3.8, 4) is 5.75 Å². The first-order chi connectivity index (χ1) is 10.1. The molecule has 0 aliphatic heterocycles. The molecule has 21 heavy (non-hydrogen) atoms. The number of benzene rings is 1. The number of imidazole rings is 1. The highest BCUT2D eigenvalue weighted by molar-refractivity contribution is 5.28. The summed E-state index contributed by atoms with van der Waals surface area (Å²) >= 11 is 0. The Balaban J connectivity index is 1.93. The Morgan fingerprint density at radius 1 is 1.19 bits per heavy atom. The van der Waals surface area contributed by atoms with Gasteiger partial charge in [0, 0.05) is 12.1 Å². The fourth-order valence-corrected chi connectivity index (χ4v) is 2.24. The van der Waals surface area contributed by atoms with Crippen LogP contribution in [0.15, 0.2) is 36.8 Å². The van der Waals surface area contributed by atoms with Crippen molar-refractivity contribution in [3.05, 3.63) is 48.0 Å². The molecule has 1 atom stereocenters. The molecule has 0 aliphatic carbocycles. The molecule has 4 nitrogen and oxygen atoms in total. The second-order valence-corrected chi connectivity index (χ2v) is 5.71. The van der Waals surface area contributed by atoms with E-state index < -0.39 is 0 Å². The lowest BCUT2D eigenvalue weighted by molar-refractivity contribution is 0.292. The molecule has 1 heterocycles. The highest BCUT2D eigenvalue weighted by atomic mass is 16.5. The number of ether oxygens (including phenoxy) is 1. The zero-order valence-corrected chi connectivity index (χ0v) is 13.3. The van der Waals surface area contributed by atoms with Crippen LogP contribution in [0.4, 0.5) is 0 Å². The van der Waals surface area contributed by atoms with Gasteiger partial charge in [-0.2, -0.15) is 0 Å². The summed E-state index contributed by atoms with van der Waals surface area (Å²) in [4.78, 5) is 4.19. The van der Waals surface area contributed by atoms with Crippen molar-refractivity contribution in [2.45, 2.75) is 45.9 Å².